The van der Waals surface area contributed by atoms with Gasteiger partial charge >= 0.3 is 5.97 Å². The Balaban J connectivity index is 1.83. The van der Waals surface area contributed by atoms with Crippen molar-refractivity contribution in [2.75, 3.05) is 0 Å². The topological polar surface area (TPSA) is 140 Å². The predicted molar refractivity (Wildman–Crippen MR) is 102 cm³/mol. The van der Waals surface area contributed by atoms with E-state index in [9.17, 15) is 19.8 Å². The van der Waals surface area contributed by atoms with E-state index in [1.807, 2.05) is 5.43 Å². The van der Waals surface area contributed by atoms with Gasteiger partial charge in [0.25, 0.3) is 5.91 Å². The second-order valence-corrected chi connectivity index (χ2v) is 6.67. The van der Waals surface area contributed by atoms with Crippen molar-refractivity contribution in [2.45, 2.75) is 26.2 Å². The van der Waals surface area contributed by atoms with E-state index in [1.165, 1.54) is 30.3 Å². The van der Waals surface area contributed by atoms with Crippen LogP contribution in [-0.4, -0.2) is 27.9 Å². The van der Waals surface area contributed by atoms with E-state index in [2.05, 4.69) is 0 Å². The highest BCUT2D eigenvalue weighted by Gasteiger charge is 2.34. The number of rotatable bonds is 5. The van der Waals surface area contributed by atoms with Crippen LogP contribution in [0.15, 0.2) is 36.4 Å². The second-order valence-electron chi connectivity index (χ2n) is 6.67. The zero-order valence-electron chi connectivity index (χ0n) is 15.8. The number of carbonyl (C=O) groups excluding carboxylic acids is 2. The fraction of sp³-hybridized carbons (Fsp3) is 0.200. The third-order valence-corrected chi connectivity index (χ3v) is 4.03. The number of nitrogen functional groups attached to an aromatic ring is 1. The largest absolute Gasteiger partial charge is 0.508 e. The minimum absolute atomic E-state index is 0.00139. The summed E-state index contributed by atoms with van der Waals surface area (Å²) < 4.78 is 16.5. The van der Waals surface area contributed by atoms with E-state index in [0.717, 1.165) is 6.08 Å². The van der Waals surface area contributed by atoms with Crippen LogP contribution < -0.4 is 25.5 Å². The molecule has 0 aromatic heterocycles. The molecule has 0 spiro atoms. The number of aromatic hydroxyl groups is 1. The van der Waals surface area contributed by atoms with Crippen molar-refractivity contribution in [2.24, 2.45) is 5.84 Å². The highest BCUT2D eigenvalue weighted by atomic mass is 16.7. The van der Waals surface area contributed by atoms with Crippen LogP contribution in [0, 0.1) is 0 Å². The number of benzene rings is 2. The normalized spacial score (nSPS) is 14.1. The fourth-order valence-corrected chi connectivity index (χ4v) is 2.73. The van der Waals surface area contributed by atoms with E-state index in [0.29, 0.717) is 22.6 Å². The first-order valence-corrected chi connectivity index (χ1v) is 8.62. The molecule has 0 radical (unpaired) electrons. The minimum atomic E-state index is -0.926. The summed E-state index contributed by atoms with van der Waals surface area (Å²) >= 11 is 0. The molecule has 3 rings (SSSR count). The van der Waals surface area contributed by atoms with Crippen molar-refractivity contribution in [3.8, 4) is 23.0 Å². The summed E-state index contributed by atoms with van der Waals surface area (Å²) in [5.41, 5.74) is 2.88. The maximum absolute atomic E-state index is 12.3. The van der Waals surface area contributed by atoms with Crippen molar-refractivity contribution in [3.63, 3.8) is 0 Å². The van der Waals surface area contributed by atoms with Gasteiger partial charge in [-0.15, -0.1) is 0 Å². The van der Waals surface area contributed by atoms with Gasteiger partial charge in [0.05, 0.1) is 12.2 Å². The molecular weight excluding hydrogens is 380 g/mol. The third kappa shape index (κ3) is 4.48. The lowest BCUT2D eigenvalue weighted by Crippen LogP contribution is -2.30. The minimum Gasteiger partial charge on any atom is -0.508 e. The number of hydrazine groups is 1. The molecule has 0 fully saturated rings. The molecule has 2 aromatic rings. The SMILES string of the molecule is CC1(C)Oc2cc(OC(=O)/C=C/c3ccc(O)c(CO)c3)c(C(=O)NN)cc2O1. The van der Waals surface area contributed by atoms with Gasteiger partial charge in [0.2, 0.25) is 5.79 Å². The Hall–Kier alpha value is -3.56. The van der Waals surface area contributed by atoms with Crippen LogP contribution in [0.2, 0.25) is 0 Å². The number of carbonyl (C=O) groups is 2. The maximum atomic E-state index is 12.3. The summed E-state index contributed by atoms with van der Waals surface area (Å²) in [6.07, 6.45) is 2.59. The highest BCUT2D eigenvalue weighted by Crippen LogP contribution is 2.43. The van der Waals surface area contributed by atoms with Gasteiger partial charge in [-0.2, -0.15) is 0 Å². The van der Waals surface area contributed by atoms with Crippen LogP contribution in [0.1, 0.15) is 35.3 Å². The highest BCUT2D eigenvalue weighted by molar-refractivity contribution is 5.99. The molecule has 0 bridgehead atoms. The first-order chi connectivity index (χ1) is 13.7. The Morgan fingerprint density at radius 1 is 1.21 bits per heavy atom. The number of aliphatic hydroxyl groups is 1. The lowest BCUT2D eigenvalue weighted by molar-refractivity contribution is -0.128. The van der Waals surface area contributed by atoms with E-state index in [1.54, 1.807) is 19.9 Å². The average Bonchev–Trinajstić information content (AvgIpc) is 2.98. The van der Waals surface area contributed by atoms with Gasteiger partial charge in [-0.25, -0.2) is 10.6 Å². The Labute approximate surface area is 166 Å². The summed E-state index contributed by atoms with van der Waals surface area (Å²) in [7, 11) is 0. The number of aliphatic hydroxyl groups excluding tert-OH is 1. The smallest absolute Gasteiger partial charge is 0.336 e. The van der Waals surface area contributed by atoms with Crippen molar-refractivity contribution < 1.29 is 34.0 Å². The molecule has 0 atom stereocenters. The lowest BCUT2D eigenvalue weighted by Gasteiger charge is -2.16. The van der Waals surface area contributed by atoms with Crippen LogP contribution in [0.4, 0.5) is 0 Å². The van der Waals surface area contributed by atoms with Gasteiger partial charge in [0.1, 0.15) is 11.5 Å². The number of phenols is 1. The number of amides is 1. The summed E-state index contributed by atoms with van der Waals surface area (Å²) in [4.78, 5) is 24.3. The molecule has 9 nitrogen and oxygen atoms in total. The molecular formula is C20H20N2O7. The Morgan fingerprint density at radius 2 is 1.90 bits per heavy atom. The number of nitrogens with one attached hydrogen (secondary N) is 1. The molecule has 0 saturated heterocycles. The first-order valence-electron chi connectivity index (χ1n) is 8.62. The Kier molecular flexibility index (Phi) is 5.44. The summed E-state index contributed by atoms with van der Waals surface area (Å²) in [6, 6.07) is 7.25. The molecule has 5 N–H and O–H groups in total. The average molecular weight is 400 g/mol. The first kappa shape index (κ1) is 20.2. The monoisotopic (exact) mass is 400 g/mol. The van der Waals surface area contributed by atoms with Gasteiger partial charge in [-0.05, 0) is 23.8 Å². The lowest BCUT2D eigenvalue weighted by atomic mass is 10.1. The van der Waals surface area contributed by atoms with Gasteiger partial charge in [-0.3, -0.25) is 10.2 Å². The van der Waals surface area contributed by atoms with Crippen LogP contribution in [0.5, 0.6) is 23.0 Å². The predicted octanol–water partition coefficient (Wildman–Crippen LogP) is 1.61. The quantitative estimate of drug-likeness (QED) is 0.148. The zero-order valence-corrected chi connectivity index (χ0v) is 15.8. The molecule has 2 aromatic carbocycles. The molecule has 9 heteroatoms. The molecule has 0 saturated carbocycles. The summed E-state index contributed by atoms with van der Waals surface area (Å²) in [6.45, 7) is 3.05. The van der Waals surface area contributed by atoms with Gasteiger partial charge in [-0.1, -0.05) is 6.07 Å². The van der Waals surface area contributed by atoms with E-state index < -0.39 is 17.7 Å². The van der Waals surface area contributed by atoms with Crippen LogP contribution in [0.3, 0.4) is 0 Å². The van der Waals surface area contributed by atoms with Gasteiger partial charge < -0.3 is 24.4 Å². The zero-order chi connectivity index (χ0) is 21.2. The Morgan fingerprint density at radius 3 is 2.55 bits per heavy atom. The maximum Gasteiger partial charge on any atom is 0.336 e. The van der Waals surface area contributed by atoms with Crippen LogP contribution in [0.25, 0.3) is 6.08 Å². The fourth-order valence-electron chi connectivity index (χ4n) is 2.73. The number of hydrogen-bond acceptors (Lipinski definition) is 8. The molecule has 1 aliphatic rings. The standard InChI is InChI=1S/C20H20N2O7/c1-20(2)28-16-8-13(19(26)22-21)15(9-17(16)29-20)27-18(25)6-4-11-3-5-14(24)12(7-11)10-23/h3-9,23-24H,10,21H2,1-2H3,(H,22,26)/b6-4+. The summed E-state index contributed by atoms with van der Waals surface area (Å²) in [5, 5.41) is 18.8. The molecule has 0 aliphatic carbocycles. The molecule has 1 amide bonds. The van der Waals surface area contributed by atoms with E-state index >= 15 is 0 Å². The van der Waals surface area contributed by atoms with Crippen molar-refractivity contribution in [3.05, 3.63) is 53.1 Å². The molecule has 0 unspecified atom stereocenters. The molecule has 1 heterocycles. The molecule has 29 heavy (non-hydrogen) atoms. The third-order valence-electron chi connectivity index (χ3n) is 4.03. The van der Waals surface area contributed by atoms with E-state index in [-0.39, 0.29) is 23.7 Å². The number of hydrogen-bond donors (Lipinski definition) is 4. The van der Waals surface area contributed by atoms with Gasteiger partial charge in [0, 0.05) is 37.6 Å². The van der Waals surface area contributed by atoms with Crippen molar-refractivity contribution >= 4 is 18.0 Å². The van der Waals surface area contributed by atoms with Crippen LogP contribution in [-0.2, 0) is 11.4 Å². The number of fused-ring (bicyclic) bond motifs is 1. The Bertz CT molecular complexity index is 999. The number of nitrogens with two attached hydrogens (primary N) is 1. The van der Waals surface area contributed by atoms with E-state index in [4.69, 9.17) is 20.1 Å². The van der Waals surface area contributed by atoms with Crippen molar-refractivity contribution in [1.29, 1.82) is 0 Å². The number of esters is 1. The van der Waals surface area contributed by atoms with Gasteiger partial charge in [0.15, 0.2) is 11.5 Å². The summed E-state index contributed by atoms with van der Waals surface area (Å²) in [5.74, 6) is 3.40. The van der Waals surface area contributed by atoms with Crippen LogP contribution >= 0.6 is 0 Å². The molecule has 152 valence electrons. The van der Waals surface area contributed by atoms with Crippen molar-refractivity contribution in [1.82, 2.24) is 5.43 Å². The molecule has 1 aliphatic heterocycles. The number of ether oxygens (including phenoxy) is 3. The second kappa shape index (κ2) is 7.82.